The smallest absolute Gasteiger partial charge is 0.171 e. The summed E-state index contributed by atoms with van der Waals surface area (Å²) in [6.45, 7) is 4.19. The molecule has 0 saturated carbocycles. The summed E-state index contributed by atoms with van der Waals surface area (Å²) in [5.74, 6) is 0.328. The molecule has 1 atom stereocenters. The standard InChI is InChI=1S/C20H18O/c1-12-5-3-7-14-9-10-16(18(12)14)17-11-15-8-4-6-13(2)19(15)20(17)21/h3-8,10,17H,9,11H2,1-2H3/t17-/m0/s1. The van der Waals surface area contributed by atoms with Crippen LogP contribution in [0.3, 0.4) is 0 Å². The summed E-state index contributed by atoms with van der Waals surface area (Å²) >= 11 is 0. The molecule has 2 aromatic carbocycles. The Morgan fingerprint density at radius 2 is 1.57 bits per heavy atom. The zero-order chi connectivity index (χ0) is 14.6. The number of hydrogen-bond donors (Lipinski definition) is 0. The number of Topliss-reactive ketones (excluding diaryl/α,β-unsaturated/α-hetero) is 1. The first-order chi connectivity index (χ1) is 10.2. The van der Waals surface area contributed by atoms with E-state index in [2.05, 4.69) is 43.3 Å². The molecule has 0 heterocycles. The third kappa shape index (κ3) is 1.73. The number of carbonyl (C=O) groups excluding carboxylic acids is 1. The minimum Gasteiger partial charge on any atom is -0.293 e. The maximum absolute atomic E-state index is 12.9. The predicted octanol–water partition coefficient (Wildman–Crippen LogP) is 4.30. The van der Waals surface area contributed by atoms with Gasteiger partial charge in [-0.3, -0.25) is 4.79 Å². The topological polar surface area (TPSA) is 17.1 Å². The van der Waals surface area contributed by atoms with Gasteiger partial charge in [-0.1, -0.05) is 42.5 Å². The van der Waals surface area contributed by atoms with Gasteiger partial charge in [0, 0.05) is 5.56 Å². The molecule has 4 rings (SSSR count). The molecule has 0 aliphatic heterocycles. The first kappa shape index (κ1) is 12.6. The van der Waals surface area contributed by atoms with Gasteiger partial charge in [-0.15, -0.1) is 0 Å². The van der Waals surface area contributed by atoms with Crippen molar-refractivity contribution in [3.8, 4) is 0 Å². The van der Waals surface area contributed by atoms with Gasteiger partial charge in [0.05, 0.1) is 5.92 Å². The van der Waals surface area contributed by atoms with Crippen LogP contribution in [0, 0.1) is 19.8 Å². The molecule has 0 fully saturated rings. The van der Waals surface area contributed by atoms with E-state index in [9.17, 15) is 4.79 Å². The SMILES string of the molecule is Cc1cccc2c1C(=O)[C@H](C1=CCc3cccc(C)c31)C2. The largest absolute Gasteiger partial charge is 0.293 e. The number of aryl methyl sites for hydroxylation is 2. The summed E-state index contributed by atoms with van der Waals surface area (Å²) in [6.07, 6.45) is 4.09. The fourth-order valence-electron chi connectivity index (χ4n) is 3.94. The quantitative estimate of drug-likeness (QED) is 0.758. The molecular weight excluding hydrogens is 256 g/mol. The second kappa shape index (κ2) is 4.42. The van der Waals surface area contributed by atoms with E-state index in [1.807, 2.05) is 13.0 Å². The Labute approximate surface area is 125 Å². The molecule has 0 amide bonds. The van der Waals surface area contributed by atoms with Crippen molar-refractivity contribution in [1.82, 2.24) is 0 Å². The van der Waals surface area contributed by atoms with Gasteiger partial charge < -0.3 is 0 Å². The van der Waals surface area contributed by atoms with Crippen molar-refractivity contribution in [2.24, 2.45) is 5.92 Å². The fraction of sp³-hybridized carbons (Fsp3) is 0.250. The normalized spacial score (nSPS) is 19.4. The Balaban J connectivity index is 1.80. The number of allylic oxidation sites excluding steroid dienone is 2. The van der Waals surface area contributed by atoms with Crippen molar-refractivity contribution >= 4 is 11.4 Å². The van der Waals surface area contributed by atoms with Crippen molar-refractivity contribution in [1.29, 1.82) is 0 Å². The van der Waals surface area contributed by atoms with Crippen LogP contribution in [0.1, 0.15) is 38.2 Å². The average Bonchev–Trinajstić information content (AvgIpc) is 3.02. The minimum atomic E-state index is 0.0171. The lowest BCUT2D eigenvalue weighted by Gasteiger charge is -2.14. The zero-order valence-electron chi connectivity index (χ0n) is 12.4. The highest BCUT2D eigenvalue weighted by Crippen LogP contribution is 2.42. The molecule has 0 aromatic heterocycles. The van der Waals surface area contributed by atoms with E-state index in [1.165, 1.54) is 27.8 Å². The lowest BCUT2D eigenvalue weighted by Crippen LogP contribution is -2.12. The summed E-state index contributed by atoms with van der Waals surface area (Å²) in [4.78, 5) is 12.9. The summed E-state index contributed by atoms with van der Waals surface area (Å²) in [7, 11) is 0. The predicted molar refractivity (Wildman–Crippen MR) is 85.6 cm³/mol. The van der Waals surface area contributed by atoms with Crippen molar-refractivity contribution in [2.75, 3.05) is 0 Å². The maximum Gasteiger partial charge on any atom is 0.171 e. The maximum atomic E-state index is 12.9. The van der Waals surface area contributed by atoms with Crippen molar-refractivity contribution in [3.05, 3.63) is 75.9 Å². The minimum absolute atomic E-state index is 0.0171. The number of fused-ring (bicyclic) bond motifs is 2. The Morgan fingerprint density at radius 3 is 2.29 bits per heavy atom. The van der Waals surface area contributed by atoms with E-state index in [1.54, 1.807) is 0 Å². The lowest BCUT2D eigenvalue weighted by atomic mass is 9.88. The third-order valence-corrected chi connectivity index (χ3v) is 4.91. The van der Waals surface area contributed by atoms with E-state index < -0.39 is 0 Å². The molecule has 21 heavy (non-hydrogen) atoms. The van der Waals surface area contributed by atoms with Crippen LogP contribution in [0.5, 0.6) is 0 Å². The van der Waals surface area contributed by atoms with Gasteiger partial charge in [-0.25, -0.2) is 0 Å². The van der Waals surface area contributed by atoms with E-state index in [0.717, 1.165) is 24.0 Å². The molecular formula is C20H18O. The van der Waals surface area contributed by atoms with Gasteiger partial charge in [-0.2, -0.15) is 0 Å². The summed E-state index contributed by atoms with van der Waals surface area (Å²) in [5, 5.41) is 0. The molecule has 1 heteroatoms. The molecule has 2 aliphatic rings. The number of benzene rings is 2. The van der Waals surface area contributed by atoms with Crippen LogP contribution < -0.4 is 0 Å². The lowest BCUT2D eigenvalue weighted by molar-refractivity contribution is 0.0964. The molecule has 104 valence electrons. The van der Waals surface area contributed by atoms with Crippen LogP contribution in [-0.2, 0) is 12.8 Å². The first-order valence-corrected chi connectivity index (χ1v) is 7.58. The molecule has 0 N–H and O–H groups in total. The molecule has 0 bridgehead atoms. The van der Waals surface area contributed by atoms with E-state index in [4.69, 9.17) is 0 Å². The number of rotatable bonds is 1. The molecule has 0 saturated heterocycles. The van der Waals surface area contributed by atoms with Crippen molar-refractivity contribution < 1.29 is 4.79 Å². The van der Waals surface area contributed by atoms with Crippen LogP contribution >= 0.6 is 0 Å². The molecule has 0 radical (unpaired) electrons. The van der Waals surface area contributed by atoms with Crippen LogP contribution in [0.2, 0.25) is 0 Å². The van der Waals surface area contributed by atoms with Crippen LogP contribution in [0.4, 0.5) is 0 Å². The number of carbonyl (C=O) groups is 1. The average molecular weight is 274 g/mol. The Kier molecular flexibility index (Phi) is 2.65. The Bertz CT molecular complexity index is 795. The monoisotopic (exact) mass is 274 g/mol. The van der Waals surface area contributed by atoms with E-state index >= 15 is 0 Å². The van der Waals surface area contributed by atoms with E-state index in [0.29, 0.717) is 5.78 Å². The second-order valence-corrected chi connectivity index (χ2v) is 6.20. The first-order valence-electron chi connectivity index (χ1n) is 7.58. The molecule has 2 aliphatic carbocycles. The molecule has 2 aromatic rings. The van der Waals surface area contributed by atoms with Crippen LogP contribution in [-0.4, -0.2) is 5.78 Å². The molecule has 0 spiro atoms. The van der Waals surface area contributed by atoms with Gasteiger partial charge in [0.15, 0.2) is 5.78 Å². The van der Waals surface area contributed by atoms with Gasteiger partial charge >= 0.3 is 0 Å². The van der Waals surface area contributed by atoms with E-state index in [-0.39, 0.29) is 5.92 Å². The summed E-state index contributed by atoms with van der Waals surface area (Å²) in [5.41, 5.74) is 8.52. The highest BCUT2D eigenvalue weighted by molar-refractivity contribution is 6.10. The summed E-state index contributed by atoms with van der Waals surface area (Å²) < 4.78 is 0. The highest BCUT2D eigenvalue weighted by Gasteiger charge is 2.36. The Hall–Kier alpha value is -2.15. The highest BCUT2D eigenvalue weighted by atomic mass is 16.1. The summed E-state index contributed by atoms with van der Waals surface area (Å²) in [6, 6.07) is 12.7. The zero-order valence-corrected chi connectivity index (χ0v) is 12.4. The van der Waals surface area contributed by atoms with Gasteiger partial charge in [0.1, 0.15) is 0 Å². The van der Waals surface area contributed by atoms with Crippen LogP contribution in [0.15, 0.2) is 42.5 Å². The number of ketones is 1. The van der Waals surface area contributed by atoms with Gasteiger partial charge in [-0.05, 0) is 60.1 Å². The van der Waals surface area contributed by atoms with Gasteiger partial charge in [0.25, 0.3) is 0 Å². The Morgan fingerprint density at radius 1 is 0.905 bits per heavy atom. The van der Waals surface area contributed by atoms with Crippen molar-refractivity contribution in [2.45, 2.75) is 26.7 Å². The van der Waals surface area contributed by atoms with Crippen LogP contribution in [0.25, 0.3) is 5.57 Å². The number of hydrogen-bond acceptors (Lipinski definition) is 1. The molecule has 0 unspecified atom stereocenters. The molecule has 1 nitrogen and oxygen atoms in total. The van der Waals surface area contributed by atoms with Crippen molar-refractivity contribution in [3.63, 3.8) is 0 Å². The fourth-order valence-corrected chi connectivity index (χ4v) is 3.94. The second-order valence-electron chi connectivity index (χ2n) is 6.20. The third-order valence-electron chi connectivity index (χ3n) is 4.91. The van der Waals surface area contributed by atoms with Gasteiger partial charge in [0.2, 0.25) is 0 Å².